The number of rotatable bonds is 3. The molecule has 2 rings (SSSR count). The average molecular weight is 270 g/mol. The van der Waals surface area contributed by atoms with Gasteiger partial charge in [-0.1, -0.05) is 6.07 Å². The van der Waals surface area contributed by atoms with E-state index in [1.807, 2.05) is 0 Å². The topological polar surface area (TPSA) is 111 Å². The van der Waals surface area contributed by atoms with Crippen molar-refractivity contribution < 1.29 is 9.59 Å². The molecule has 2 amide bonds. The highest BCUT2D eigenvalue weighted by atomic mass is 16.2. The van der Waals surface area contributed by atoms with Crippen LogP contribution in [0.1, 0.15) is 26.4 Å². The lowest BCUT2D eigenvalue weighted by atomic mass is 10.1. The van der Waals surface area contributed by atoms with Gasteiger partial charge < -0.3 is 16.8 Å². The summed E-state index contributed by atoms with van der Waals surface area (Å²) in [6.07, 6.45) is 1.40. The zero-order valence-electron chi connectivity index (χ0n) is 10.9. The highest BCUT2D eigenvalue weighted by Gasteiger charge is 2.12. The average Bonchev–Trinajstić information content (AvgIpc) is 2.41. The summed E-state index contributed by atoms with van der Waals surface area (Å²) >= 11 is 0. The van der Waals surface area contributed by atoms with E-state index in [1.165, 1.54) is 12.3 Å². The van der Waals surface area contributed by atoms with Crippen LogP contribution in [0.3, 0.4) is 0 Å². The number of carbonyl (C=O) groups is 2. The van der Waals surface area contributed by atoms with Gasteiger partial charge in [-0.15, -0.1) is 0 Å². The quantitative estimate of drug-likeness (QED) is 0.781. The molecule has 6 nitrogen and oxygen atoms in total. The molecule has 0 aliphatic heterocycles. The standard InChI is InChI=1S/C14H14N4O2/c1-8-10(13(16)19)3-2-4-11(8)18-14(20)12-6-5-9(15)7-17-12/h2-7H,15H2,1H3,(H2,16,19)(H,18,20). The molecule has 5 N–H and O–H groups in total. The Balaban J connectivity index is 2.26. The lowest BCUT2D eigenvalue weighted by molar-refractivity contribution is 0.0995. The molecule has 0 unspecified atom stereocenters. The third-order valence-corrected chi connectivity index (χ3v) is 2.87. The summed E-state index contributed by atoms with van der Waals surface area (Å²) in [6, 6.07) is 8.07. The van der Waals surface area contributed by atoms with Gasteiger partial charge in [-0.05, 0) is 36.8 Å². The lowest BCUT2D eigenvalue weighted by Crippen LogP contribution is -2.17. The number of pyridine rings is 1. The molecule has 0 atom stereocenters. The predicted molar refractivity (Wildman–Crippen MR) is 76.3 cm³/mol. The molecule has 1 aromatic heterocycles. The van der Waals surface area contributed by atoms with E-state index in [9.17, 15) is 9.59 Å². The molecule has 0 aliphatic carbocycles. The van der Waals surface area contributed by atoms with Crippen molar-refractivity contribution in [3.8, 4) is 0 Å². The first-order valence-corrected chi connectivity index (χ1v) is 5.91. The van der Waals surface area contributed by atoms with Crippen molar-refractivity contribution in [2.24, 2.45) is 5.73 Å². The molecular formula is C14H14N4O2. The fraction of sp³-hybridized carbons (Fsp3) is 0.0714. The van der Waals surface area contributed by atoms with E-state index in [0.29, 0.717) is 22.5 Å². The van der Waals surface area contributed by atoms with E-state index in [2.05, 4.69) is 10.3 Å². The molecule has 0 aliphatic rings. The van der Waals surface area contributed by atoms with Crippen molar-refractivity contribution in [2.75, 3.05) is 11.1 Å². The van der Waals surface area contributed by atoms with Gasteiger partial charge in [-0.25, -0.2) is 4.98 Å². The van der Waals surface area contributed by atoms with E-state index in [0.717, 1.165) is 0 Å². The molecule has 0 saturated heterocycles. The molecule has 20 heavy (non-hydrogen) atoms. The fourth-order valence-corrected chi connectivity index (χ4v) is 1.76. The number of hydrogen-bond donors (Lipinski definition) is 3. The zero-order chi connectivity index (χ0) is 14.7. The Kier molecular flexibility index (Phi) is 3.65. The van der Waals surface area contributed by atoms with Crippen LogP contribution in [-0.2, 0) is 0 Å². The van der Waals surface area contributed by atoms with Crippen LogP contribution in [0.2, 0.25) is 0 Å². The zero-order valence-corrected chi connectivity index (χ0v) is 10.9. The van der Waals surface area contributed by atoms with Crippen LogP contribution in [0.5, 0.6) is 0 Å². The van der Waals surface area contributed by atoms with Crippen LogP contribution in [0.25, 0.3) is 0 Å². The van der Waals surface area contributed by atoms with Crippen LogP contribution in [0, 0.1) is 6.92 Å². The largest absolute Gasteiger partial charge is 0.397 e. The summed E-state index contributed by atoms with van der Waals surface area (Å²) in [5.41, 5.74) is 13.0. The highest BCUT2D eigenvalue weighted by molar-refractivity contribution is 6.04. The fourth-order valence-electron chi connectivity index (χ4n) is 1.76. The van der Waals surface area contributed by atoms with Crippen molar-refractivity contribution in [3.63, 3.8) is 0 Å². The molecule has 0 fully saturated rings. The number of anilines is 2. The minimum absolute atomic E-state index is 0.239. The second-order valence-corrected chi connectivity index (χ2v) is 4.27. The summed E-state index contributed by atoms with van der Waals surface area (Å²) in [5, 5.41) is 2.69. The molecule has 2 aromatic rings. The van der Waals surface area contributed by atoms with Gasteiger partial charge in [0.1, 0.15) is 5.69 Å². The third kappa shape index (κ3) is 2.74. The Bertz CT molecular complexity index is 665. The first-order valence-electron chi connectivity index (χ1n) is 5.91. The molecule has 0 spiro atoms. The van der Waals surface area contributed by atoms with Crippen molar-refractivity contribution in [3.05, 3.63) is 53.3 Å². The number of nitrogens with two attached hydrogens (primary N) is 2. The maximum atomic E-state index is 12.0. The number of primary amides is 1. The van der Waals surface area contributed by atoms with Gasteiger partial charge >= 0.3 is 0 Å². The summed E-state index contributed by atoms with van der Waals surface area (Å²) in [4.78, 5) is 27.2. The molecule has 1 aromatic carbocycles. The third-order valence-electron chi connectivity index (χ3n) is 2.87. The van der Waals surface area contributed by atoms with Crippen LogP contribution >= 0.6 is 0 Å². The summed E-state index contributed by atoms with van der Waals surface area (Å²) in [6.45, 7) is 1.71. The van der Waals surface area contributed by atoms with Crippen molar-refractivity contribution >= 4 is 23.2 Å². The molecule has 0 radical (unpaired) electrons. The number of carbonyl (C=O) groups excluding carboxylic acids is 2. The Morgan fingerprint density at radius 3 is 2.55 bits per heavy atom. The highest BCUT2D eigenvalue weighted by Crippen LogP contribution is 2.19. The normalized spacial score (nSPS) is 10.1. The van der Waals surface area contributed by atoms with Crippen molar-refractivity contribution in [2.45, 2.75) is 6.92 Å². The van der Waals surface area contributed by atoms with Crippen molar-refractivity contribution in [1.29, 1.82) is 0 Å². The molecule has 1 heterocycles. The maximum Gasteiger partial charge on any atom is 0.274 e. The number of aromatic nitrogens is 1. The van der Waals surface area contributed by atoms with Gasteiger partial charge in [-0.2, -0.15) is 0 Å². The predicted octanol–water partition coefficient (Wildman–Crippen LogP) is 1.32. The maximum absolute atomic E-state index is 12.0. The summed E-state index contributed by atoms with van der Waals surface area (Å²) < 4.78 is 0. The van der Waals surface area contributed by atoms with Gasteiger partial charge in [0.05, 0.1) is 11.9 Å². The Morgan fingerprint density at radius 2 is 1.95 bits per heavy atom. The van der Waals surface area contributed by atoms with E-state index in [-0.39, 0.29) is 11.6 Å². The molecule has 0 saturated carbocycles. The SMILES string of the molecule is Cc1c(NC(=O)c2ccc(N)cn2)cccc1C(N)=O. The minimum Gasteiger partial charge on any atom is -0.397 e. The summed E-state index contributed by atoms with van der Waals surface area (Å²) in [5.74, 6) is -0.918. The molecular weight excluding hydrogens is 256 g/mol. The van der Waals surface area contributed by atoms with Gasteiger partial charge in [0, 0.05) is 11.3 Å². The van der Waals surface area contributed by atoms with Gasteiger partial charge in [0.25, 0.3) is 5.91 Å². The molecule has 102 valence electrons. The smallest absolute Gasteiger partial charge is 0.274 e. The van der Waals surface area contributed by atoms with Crippen LogP contribution in [0.15, 0.2) is 36.5 Å². The van der Waals surface area contributed by atoms with Crippen LogP contribution in [0.4, 0.5) is 11.4 Å². The molecule has 0 bridgehead atoms. The van der Waals surface area contributed by atoms with Crippen molar-refractivity contribution in [1.82, 2.24) is 4.98 Å². The lowest BCUT2D eigenvalue weighted by Gasteiger charge is -2.10. The van der Waals surface area contributed by atoms with E-state index in [1.54, 1.807) is 31.2 Å². The van der Waals surface area contributed by atoms with Gasteiger partial charge in [-0.3, -0.25) is 9.59 Å². The Hall–Kier alpha value is -2.89. The second kappa shape index (κ2) is 5.40. The van der Waals surface area contributed by atoms with Crippen LogP contribution in [-0.4, -0.2) is 16.8 Å². The summed E-state index contributed by atoms with van der Waals surface area (Å²) in [7, 11) is 0. The molecule has 6 heteroatoms. The minimum atomic E-state index is -0.538. The van der Waals surface area contributed by atoms with E-state index < -0.39 is 5.91 Å². The number of benzene rings is 1. The van der Waals surface area contributed by atoms with E-state index >= 15 is 0 Å². The monoisotopic (exact) mass is 270 g/mol. The first-order chi connectivity index (χ1) is 9.49. The first kappa shape index (κ1) is 13.5. The van der Waals surface area contributed by atoms with Gasteiger partial charge in [0.2, 0.25) is 5.91 Å². The number of amides is 2. The van der Waals surface area contributed by atoms with Gasteiger partial charge in [0.15, 0.2) is 0 Å². The Labute approximate surface area is 115 Å². The number of nitrogens with one attached hydrogen (secondary N) is 1. The number of hydrogen-bond acceptors (Lipinski definition) is 4. The Morgan fingerprint density at radius 1 is 1.20 bits per heavy atom. The van der Waals surface area contributed by atoms with E-state index in [4.69, 9.17) is 11.5 Å². The van der Waals surface area contributed by atoms with Crippen LogP contribution < -0.4 is 16.8 Å². The number of nitrogens with zero attached hydrogens (tertiary/aromatic N) is 1. The number of nitrogen functional groups attached to an aromatic ring is 1. The second-order valence-electron chi connectivity index (χ2n) is 4.27.